The van der Waals surface area contributed by atoms with Crippen LogP contribution in [0.2, 0.25) is 0 Å². The molecule has 1 amide bonds. The van der Waals surface area contributed by atoms with Crippen LogP contribution in [0.5, 0.6) is 5.75 Å². The number of nitrogens with one attached hydrogen (secondary N) is 1. The first-order valence-electron chi connectivity index (χ1n) is 8.84. The summed E-state index contributed by atoms with van der Waals surface area (Å²) in [6.45, 7) is 8.78. The molecule has 0 unspecified atom stereocenters. The van der Waals surface area contributed by atoms with Crippen LogP contribution in [0, 0.1) is 0 Å². The summed E-state index contributed by atoms with van der Waals surface area (Å²) in [6, 6.07) is 6.90. The summed E-state index contributed by atoms with van der Waals surface area (Å²) in [5, 5.41) is 2.77. The van der Waals surface area contributed by atoms with Crippen molar-refractivity contribution in [2.75, 3.05) is 46.5 Å². The Hall–Kier alpha value is -1.92. The SMILES string of the molecule is CCN(CC)CCOCCNC(=O)CCC(=O)c1ccc(OC)cc1. The van der Waals surface area contributed by atoms with Crippen molar-refractivity contribution in [2.24, 2.45) is 0 Å². The molecular formula is C19H30N2O4. The molecule has 0 aromatic heterocycles. The van der Waals surface area contributed by atoms with Crippen LogP contribution in [-0.4, -0.2) is 63.1 Å². The van der Waals surface area contributed by atoms with Crippen molar-refractivity contribution in [1.82, 2.24) is 10.2 Å². The number of methoxy groups -OCH3 is 1. The second-order valence-corrected chi connectivity index (χ2v) is 5.64. The second kappa shape index (κ2) is 12.4. The van der Waals surface area contributed by atoms with Gasteiger partial charge in [-0.15, -0.1) is 0 Å². The Morgan fingerprint density at radius 1 is 1.04 bits per heavy atom. The highest BCUT2D eigenvalue weighted by Crippen LogP contribution is 2.13. The van der Waals surface area contributed by atoms with Crippen molar-refractivity contribution < 1.29 is 19.1 Å². The number of nitrogens with zero attached hydrogens (tertiary/aromatic N) is 1. The fraction of sp³-hybridized carbons (Fsp3) is 0.579. The number of ether oxygens (including phenoxy) is 2. The van der Waals surface area contributed by atoms with Crippen molar-refractivity contribution in [3.8, 4) is 5.75 Å². The van der Waals surface area contributed by atoms with E-state index in [0.717, 1.165) is 19.6 Å². The van der Waals surface area contributed by atoms with Crippen molar-refractivity contribution in [1.29, 1.82) is 0 Å². The Bertz CT molecular complexity index is 513. The van der Waals surface area contributed by atoms with E-state index in [4.69, 9.17) is 9.47 Å². The normalized spacial score (nSPS) is 10.7. The van der Waals surface area contributed by atoms with Crippen molar-refractivity contribution in [3.05, 3.63) is 29.8 Å². The Labute approximate surface area is 150 Å². The molecule has 6 nitrogen and oxygen atoms in total. The third kappa shape index (κ3) is 8.65. The van der Waals surface area contributed by atoms with Crippen LogP contribution in [0.4, 0.5) is 0 Å². The molecule has 0 saturated heterocycles. The maximum absolute atomic E-state index is 12.0. The van der Waals surface area contributed by atoms with E-state index in [9.17, 15) is 9.59 Å². The third-order valence-corrected chi connectivity index (χ3v) is 4.01. The predicted octanol–water partition coefficient (Wildman–Crippen LogP) is 2.13. The molecular weight excluding hydrogens is 320 g/mol. The van der Waals surface area contributed by atoms with Crippen LogP contribution in [0.3, 0.4) is 0 Å². The minimum absolute atomic E-state index is 0.0479. The van der Waals surface area contributed by atoms with Crippen LogP contribution in [-0.2, 0) is 9.53 Å². The van der Waals surface area contributed by atoms with Crippen molar-refractivity contribution >= 4 is 11.7 Å². The second-order valence-electron chi connectivity index (χ2n) is 5.64. The van der Waals surface area contributed by atoms with Gasteiger partial charge in [0.25, 0.3) is 0 Å². The van der Waals surface area contributed by atoms with E-state index in [2.05, 4.69) is 24.1 Å². The highest BCUT2D eigenvalue weighted by atomic mass is 16.5. The maximum atomic E-state index is 12.0. The van der Waals surface area contributed by atoms with Gasteiger partial charge in [0.2, 0.25) is 5.91 Å². The molecule has 140 valence electrons. The van der Waals surface area contributed by atoms with Crippen LogP contribution >= 0.6 is 0 Å². The lowest BCUT2D eigenvalue weighted by atomic mass is 10.1. The van der Waals surface area contributed by atoms with Gasteiger partial charge in [0.1, 0.15) is 5.75 Å². The number of hydrogen-bond donors (Lipinski definition) is 1. The Morgan fingerprint density at radius 2 is 1.72 bits per heavy atom. The maximum Gasteiger partial charge on any atom is 0.220 e. The molecule has 1 rings (SSSR count). The molecule has 25 heavy (non-hydrogen) atoms. The smallest absolute Gasteiger partial charge is 0.220 e. The van der Waals surface area contributed by atoms with E-state index >= 15 is 0 Å². The molecule has 0 radical (unpaired) electrons. The van der Waals surface area contributed by atoms with Crippen LogP contribution < -0.4 is 10.1 Å². The summed E-state index contributed by atoms with van der Waals surface area (Å²) in [7, 11) is 1.58. The number of rotatable bonds is 13. The van der Waals surface area contributed by atoms with Crippen molar-refractivity contribution in [3.63, 3.8) is 0 Å². The van der Waals surface area contributed by atoms with E-state index in [1.54, 1.807) is 31.4 Å². The molecule has 1 aromatic rings. The largest absolute Gasteiger partial charge is 0.497 e. The fourth-order valence-electron chi connectivity index (χ4n) is 2.33. The molecule has 0 aliphatic heterocycles. The van der Waals surface area contributed by atoms with Gasteiger partial charge in [-0.25, -0.2) is 0 Å². The highest BCUT2D eigenvalue weighted by Gasteiger charge is 2.09. The standard InChI is InChI=1S/C19H30N2O4/c1-4-21(5-2)13-15-25-14-12-20-19(23)11-10-18(22)16-6-8-17(24-3)9-7-16/h6-9H,4-5,10-15H2,1-3H3,(H,20,23). The van der Waals surface area contributed by atoms with Crippen molar-refractivity contribution in [2.45, 2.75) is 26.7 Å². The number of benzene rings is 1. The van der Waals surface area contributed by atoms with Gasteiger partial charge in [0, 0.05) is 31.5 Å². The van der Waals surface area contributed by atoms with E-state index in [0.29, 0.717) is 31.1 Å². The molecule has 1 aromatic carbocycles. The average Bonchev–Trinajstić information content (AvgIpc) is 2.65. The van der Waals surface area contributed by atoms with E-state index < -0.39 is 0 Å². The first kappa shape index (κ1) is 21.1. The van der Waals surface area contributed by atoms with E-state index in [1.165, 1.54) is 0 Å². The summed E-state index contributed by atoms with van der Waals surface area (Å²) in [5.74, 6) is 0.526. The van der Waals surface area contributed by atoms with Crippen LogP contribution in [0.1, 0.15) is 37.0 Å². The Morgan fingerprint density at radius 3 is 2.32 bits per heavy atom. The topological polar surface area (TPSA) is 67.9 Å². The molecule has 0 aliphatic carbocycles. The molecule has 0 bridgehead atoms. The zero-order valence-corrected chi connectivity index (χ0v) is 15.5. The number of likely N-dealkylation sites (N-methyl/N-ethyl adjacent to an activating group) is 1. The summed E-state index contributed by atoms with van der Waals surface area (Å²) < 4.78 is 10.6. The number of carbonyl (C=O) groups excluding carboxylic acids is 2. The van der Waals surface area contributed by atoms with Gasteiger partial charge in [-0.1, -0.05) is 13.8 Å². The summed E-state index contributed by atoms with van der Waals surface area (Å²) >= 11 is 0. The Balaban J connectivity index is 2.12. The van der Waals surface area contributed by atoms with Crippen LogP contribution in [0.15, 0.2) is 24.3 Å². The third-order valence-electron chi connectivity index (χ3n) is 4.01. The van der Waals surface area contributed by atoms with Gasteiger partial charge >= 0.3 is 0 Å². The monoisotopic (exact) mass is 350 g/mol. The van der Waals surface area contributed by atoms with Gasteiger partial charge in [-0.05, 0) is 37.4 Å². The lowest BCUT2D eigenvalue weighted by Gasteiger charge is -2.17. The first-order valence-corrected chi connectivity index (χ1v) is 8.84. The van der Waals surface area contributed by atoms with Gasteiger partial charge < -0.3 is 19.7 Å². The molecule has 0 spiro atoms. The van der Waals surface area contributed by atoms with Gasteiger partial charge in [0.05, 0.1) is 20.3 Å². The summed E-state index contributed by atoms with van der Waals surface area (Å²) in [6.07, 6.45) is 0.380. The minimum Gasteiger partial charge on any atom is -0.497 e. The number of hydrogen-bond acceptors (Lipinski definition) is 5. The molecule has 0 fully saturated rings. The number of Topliss-reactive ketones (excluding diaryl/α,β-unsaturated/α-hetero) is 1. The fourth-order valence-corrected chi connectivity index (χ4v) is 2.33. The number of ketones is 1. The Kier molecular flexibility index (Phi) is 10.5. The lowest BCUT2D eigenvalue weighted by molar-refractivity contribution is -0.121. The van der Waals surface area contributed by atoms with Gasteiger partial charge in [-0.3, -0.25) is 9.59 Å². The average molecular weight is 350 g/mol. The van der Waals surface area contributed by atoms with Gasteiger partial charge in [0.15, 0.2) is 5.78 Å². The molecule has 0 aliphatic rings. The molecule has 0 heterocycles. The molecule has 0 saturated carbocycles. The molecule has 6 heteroatoms. The van der Waals surface area contributed by atoms with E-state index in [-0.39, 0.29) is 24.5 Å². The minimum atomic E-state index is -0.130. The summed E-state index contributed by atoms with van der Waals surface area (Å²) in [5.41, 5.74) is 0.591. The predicted molar refractivity (Wildman–Crippen MR) is 98.2 cm³/mol. The summed E-state index contributed by atoms with van der Waals surface area (Å²) in [4.78, 5) is 26.1. The lowest BCUT2D eigenvalue weighted by Crippen LogP contribution is -2.30. The van der Waals surface area contributed by atoms with E-state index in [1.807, 2.05) is 0 Å². The van der Waals surface area contributed by atoms with Gasteiger partial charge in [-0.2, -0.15) is 0 Å². The first-order chi connectivity index (χ1) is 12.1. The zero-order valence-electron chi connectivity index (χ0n) is 15.5. The molecule has 1 N–H and O–H groups in total. The highest BCUT2D eigenvalue weighted by molar-refractivity contribution is 5.98. The van der Waals surface area contributed by atoms with Crippen LogP contribution in [0.25, 0.3) is 0 Å². The number of amides is 1. The molecule has 0 atom stereocenters. The number of carbonyl (C=O) groups is 2. The quantitative estimate of drug-likeness (QED) is 0.436. The zero-order chi connectivity index (χ0) is 18.5.